The van der Waals surface area contributed by atoms with Crippen molar-refractivity contribution in [2.24, 2.45) is 5.41 Å². The maximum atomic E-state index is 13.7. The van der Waals surface area contributed by atoms with Gasteiger partial charge in [0.05, 0.1) is 4.90 Å². The largest absolute Gasteiger partial charge is 0.317 e. The highest BCUT2D eigenvalue weighted by Gasteiger charge is 2.52. The van der Waals surface area contributed by atoms with Crippen molar-refractivity contribution in [3.05, 3.63) is 42.0 Å². The third-order valence-corrected chi connectivity index (χ3v) is 8.22. The van der Waals surface area contributed by atoms with Crippen LogP contribution in [0.15, 0.2) is 29.4 Å². The van der Waals surface area contributed by atoms with E-state index in [0.717, 1.165) is 69.1 Å². The van der Waals surface area contributed by atoms with E-state index in [1.807, 2.05) is 4.57 Å². The van der Waals surface area contributed by atoms with Gasteiger partial charge in [-0.1, -0.05) is 26.2 Å². The van der Waals surface area contributed by atoms with Crippen molar-refractivity contribution in [3.8, 4) is 0 Å². The second kappa shape index (κ2) is 7.75. The molecule has 2 aromatic rings. The number of hydrogen-bond donors (Lipinski definition) is 0. The second-order valence-corrected chi connectivity index (χ2v) is 10.2. The molecule has 2 aliphatic rings. The molecule has 0 radical (unpaired) electrons. The fourth-order valence-electron chi connectivity index (χ4n) is 4.96. The molecule has 2 heterocycles. The molecule has 29 heavy (non-hydrogen) atoms. The third kappa shape index (κ3) is 3.59. The van der Waals surface area contributed by atoms with Crippen molar-refractivity contribution in [1.82, 2.24) is 19.1 Å². The zero-order chi connectivity index (χ0) is 20.6. The summed E-state index contributed by atoms with van der Waals surface area (Å²) in [6.07, 6.45) is 7.76. The third-order valence-electron chi connectivity index (χ3n) is 6.42. The van der Waals surface area contributed by atoms with E-state index in [1.165, 1.54) is 4.31 Å². The van der Waals surface area contributed by atoms with Crippen molar-refractivity contribution in [1.29, 1.82) is 0 Å². The monoisotopic (exact) mass is 424 g/mol. The van der Waals surface area contributed by atoms with E-state index >= 15 is 0 Å². The molecule has 1 saturated carbocycles. The van der Waals surface area contributed by atoms with Gasteiger partial charge >= 0.3 is 0 Å². The second-order valence-electron chi connectivity index (χ2n) is 8.23. The Morgan fingerprint density at radius 3 is 2.62 bits per heavy atom. The van der Waals surface area contributed by atoms with Gasteiger partial charge in [-0.15, -0.1) is 10.2 Å². The number of aryl methyl sites for hydroxylation is 1. The summed E-state index contributed by atoms with van der Waals surface area (Å²) in [7, 11) is -3.93. The highest BCUT2D eigenvalue weighted by molar-refractivity contribution is 7.89. The Balaban J connectivity index is 1.71. The molecule has 1 spiro atoms. The van der Waals surface area contributed by atoms with E-state index in [4.69, 9.17) is 0 Å². The van der Waals surface area contributed by atoms with Crippen LogP contribution in [0.1, 0.15) is 57.2 Å². The van der Waals surface area contributed by atoms with Crippen LogP contribution in [0.25, 0.3) is 0 Å². The Labute approximate surface area is 170 Å². The molecule has 1 atom stereocenters. The fraction of sp³-hybridized carbons (Fsp3) is 0.600. The smallest absolute Gasteiger partial charge is 0.243 e. The first-order chi connectivity index (χ1) is 13.9. The first kappa shape index (κ1) is 20.4. The molecule has 1 aliphatic heterocycles. The molecule has 0 amide bonds. The summed E-state index contributed by atoms with van der Waals surface area (Å²) < 4.78 is 57.0. The van der Waals surface area contributed by atoms with Crippen LogP contribution in [0, 0.1) is 17.0 Å². The lowest BCUT2D eigenvalue weighted by Crippen LogP contribution is -2.34. The highest BCUT2D eigenvalue weighted by Crippen LogP contribution is 2.52. The lowest BCUT2D eigenvalue weighted by atomic mass is 9.67. The molecule has 0 bridgehead atoms. The summed E-state index contributed by atoms with van der Waals surface area (Å²) in [5.74, 6) is -1.44. The van der Waals surface area contributed by atoms with E-state index in [2.05, 4.69) is 17.1 Å². The quantitative estimate of drug-likeness (QED) is 0.734. The zero-order valence-electron chi connectivity index (χ0n) is 16.5. The van der Waals surface area contributed by atoms with E-state index in [0.29, 0.717) is 6.54 Å². The van der Waals surface area contributed by atoms with Gasteiger partial charge in [0.15, 0.2) is 11.6 Å². The summed E-state index contributed by atoms with van der Waals surface area (Å²) in [5, 5.41) is 8.45. The van der Waals surface area contributed by atoms with Crippen molar-refractivity contribution in [2.75, 3.05) is 13.1 Å². The van der Waals surface area contributed by atoms with Gasteiger partial charge in [-0.25, -0.2) is 17.2 Å². The van der Waals surface area contributed by atoms with Crippen molar-refractivity contribution < 1.29 is 17.2 Å². The Morgan fingerprint density at radius 1 is 1.17 bits per heavy atom. The van der Waals surface area contributed by atoms with Crippen molar-refractivity contribution in [2.45, 2.75) is 62.8 Å². The highest BCUT2D eigenvalue weighted by atomic mass is 32.2. The molecule has 1 aliphatic carbocycles. The number of rotatable bonds is 5. The van der Waals surface area contributed by atoms with E-state index in [1.54, 1.807) is 6.33 Å². The van der Waals surface area contributed by atoms with Crippen LogP contribution in [0.4, 0.5) is 8.78 Å². The topological polar surface area (TPSA) is 68.1 Å². The molecule has 9 heteroatoms. The molecular weight excluding hydrogens is 398 g/mol. The predicted octanol–water partition coefficient (Wildman–Crippen LogP) is 3.70. The summed E-state index contributed by atoms with van der Waals surface area (Å²) in [6.45, 7) is 3.52. The minimum atomic E-state index is -3.93. The van der Waals surface area contributed by atoms with Crippen LogP contribution in [-0.2, 0) is 16.6 Å². The molecule has 6 nitrogen and oxygen atoms in total. The summed E-state index contributed by atoms with van der Waals surface area (Å²) in [4.78, 5) is -0.210. The first-order valence-electron chi connectivity index (χ1n) is 10.2. The summed E-state index contributed by atoms with van der Waals surface area (Å²) in [6, 6.07) is 2.77. The fourth-order valence-corrected chi connectivity index (χ4v) is 6.52. The normalized spacial score (nSPS) is 22.4. The van der Waals surface area contributed by atoms with E-state index < -0.39 is 21.7 Å². The van der Waals surface area contributed by atoms with Gasteiger partial charge in [-0.05, 0) is 42.9 Å². The molecule has 1 unspecified atom stereocenters. The standard InChI is InChI=1S/C20H26F2N4O2S/c1-2-10-25-14-23-24-19(25)16-12-26(13-20(16)8-4-3-5-9-20)29(27,28)15-6-7-17(21)18(22)11-15/h6-7,11,14,16H,2-5,8-10,12-13H2,1H3. The molecule has 4 rings (SSSR count). The van der Waals surface area contributed by atoms with Crippen LogP contribution < -0.4 is 0 Å². The Bertz CT molecular complexity index is 986. The average molecular weight is 425 g/mol. The molecule has 1 aromatic carbocycles. The van der Waals surface area contributed by atoms with E-state index in [-0.39, 0.29) is 22.8 Å². The molecule has 2 fully saturated rings. The van der Waals surface area contributed by atoms with E-state index in [9.17, 15) is 17.2 Å². The van der Waals surface area contributed by atoms with Crippen molar-refractivity contribution >= 4 is 10.0 Å². The molecule has 1 aromatic heterocycles. The Morgan fingerprint density at radius 2 is 1.93 bits per heavy atom. The SMILES string of the molecule is CCCn1cnnc1C1CN(S(=O)(=O)c2ccc(F)c(F)c2)CC12CCCCC2. The van der Waals surface area contributed by atoms with Crippen LogP contribution in [-0.4, -0.2) is 40.6 Å². The van der Waals surface area contributed by atoms with Gasteiger partial charge in [0.2, 0.25) is 10.0 Å². The number of nitrogens with zero attached hydrogens (tertiary/aromatic N) is 4. The van der Waals surface area contributed by atoms with Gasteiger partial charge in [0.1, 0.15) is 12.2 Å². The van der Waals surface area contributed by atoms with Crippen LogP contribution in [0.5, 0.6) is 0 Å². The summed E-state index contributed by atoms with van der Waals surface area (Å²) >= 11 is 0. The molecule has 1 saturated heterocycles. The lowest BCUT2D eigenvalue weighted by Gasteiger charge is -2.37. The number of sulfonamides is 1. The van der Waals surface area contributed by atoms with Gasteiger partial charge < -0.3 is 4.57 Å². The van der Waals surface area contributed by atoms with Gasteiger partial charge in [0, 0.05) is 25.6 Å². The Kier molecular flexibility index (Phi) is 5.46. The Hall–Kier alpha value is -1.87. The molecule has 158 valence electrons. The first-order valence-corrected chi connectivity index (χ1v) is 11.6. The van der Waals surface area contributed by atoms with Crippen molar-refractivity contribution in [3.63, 3.8) is 0 Å². The molecule has 0 N–H and O–H groups in total. The maximum absolute atomic E-state index is 13.7. The van der Waals surface area contributed by atoms with Gasteiger partial charge in [-0.3, -0.25) is 0 Å². The average Bonchev–Trinajstić information content (AvgIpc) is 3.30. The number of halogens is 2. The van der Waals surface area contributed by atoms with Gasteiger partial charge in [0.25, 0.3) is 0 Å². The predicted molar refractivity (Wildman–Crippen MR) is 104 cm³/mol. The number of hydrogen-bond acceptors (Lipinski definition) is 4. The van der Waals surface area contributed by atoms with Crippen LogP contribution >= 0.6 is 0 Å². The van der Waals surface area contributed by atoms with Gasteiger partial charge in [-0.2, -0.15) is 4.31 Å². The zero-order valence-corrected chi connectivity index (χ0v) is 17.3. The maximum Gasteiger partial charge on any atom is 0.243 e. The van der Waals surface area contributed by atoms with Crippen LogP contribution in [0.3, 0.4) is 0 Å². The van der Waals surface area contributed by atoms with Crippen LogP contribution in [0.2, 0.25) is 0 Å². The minimum Gasteiger partial charge on any atom is -0.317 e. The number of aromatic nitrogens is 3. The lowest BCUT2D eigenvalue weighted by molar-refractivity contribution is 0.176. The number of benzene rings is 1. The summed E-state index contributed by atoms with van der Waals surface area (Å²) in [5.41, 5.74) is -0.192. The molecular formula is C20H26F2N4O2S. The minimum absolute atomic E-state index is 0.0584.